The molecule has 7 nitrogen and oxygen atoms in total. The number of likely N-dealkylation sites (tertiary alicyclic amines) is 1. The van der Waals surface area contributed by atoms with Crippen molar-refractivity contribution in [3.8, 4) is 11.5 Å². The van der Waals surface area contributed by atoms with Crippen LogP contribution in [0.3, 0.4) is 0 Å². The molecule has 1 aromatic carbocycles. The molecule has 0 radical (unpaired) electrons. The fraction of sp³-hybridized carbons (Fsp3) is 0.348. The van der Waals surface area contributed by atoms with E-state index in [1.54, 1.807) is 36.7 Å². The van der Waals surface area contributed by atoms with Crippen molar-refractivity contribution in [3.05, 3.63) is 59.1 Å². The first kappa shape index (κ1) is 20.1. The molecule has 156 valence electrons. The van der Waals surface area contributed by atoms with Crippen LogP contribution in [0.4, 0.5) is 0 Å². The number of pyridine rings is 1. The average molecular weight is 408 g/mol. The Morgan fingerprint density at radius 1 is 1.27 bits per heavy atom. The minimum Gasteiger partial charge on any atom is -0.507 e. The number of aromatic hydroxyl groups is 1. The van der Waals surface area contributed by atoms with E-state index in [-0.39, 0.29) is 29.2 Å². The van der Waals surface area contributed by atoms with E-state index in [1.807, 2.05) is 6.92 Å². The first-order chi connectivity index (χ1) is 14.6. The Kier molecular flexibility index (Phi) is 5.81. The SMILES string of the molecule is CCOC(=O)C1CCN(Cc2c(O)ccc3c2O/C(=C/c2ccncc2)C3=O)CC1. The molecule has 1 N–H and O–H groups in total. The summed E-state index contributed by atoms with van der Waals surface area (Å²) in [5.41, 5.74) is 1.85. The molecule has 2 aliphatic heterocycles. The van der Waals surface area contributed by atoms with Crippen LogP contribution in [0.2, 0.25) is 0 Å². The van der Waals surface area contributed by atoms with Crippen molar-refractivity contribution >= 4 is 17.8 Å². The second-order valence-corrected chi connectivity index (χ2v) is 7.46. The highest BCUT2D eigenvalue weighted by atomic mass is 16.5. The van der Waals surface area contributed by atoms with Crippen LogP contribution < -0.4 is 4.74 Å². The number of hydrogen-bond donors (Lipinski definition) is 1. The quantitative estimate of drug-likeness (QED) is 0.600. The van der Waals surface area contributed by atoms with Crippen LogP contribution in [0.25, 0.3) is 6.08 Å². The van der Waals surface area contributed by atoms with E-state index >= 15 is 0 Å². The third kappa shape index (κ3) is 4.07. The number of piperidine rings is 1. The summed E-state index contributed by atoms with van der Waals surface area (Å²) in [6.07, 6.45) is 6.39. The van der Waals surface area contributed by atoms with Gasteiger partial charge in [0.05, 0.1) is 23.7 Å². The molecule has 4 rings (SSSR count). The Morgan fingerprint density at radius 2 is 2.00 bits per heavy atom. The van der Waals surface area contributed by atoms with Gasteiger partial charge in [0.25, 0.3) is 0 Å². The van der Waals surface area contributed by atoms with E-state index in [9.17, 15) is 14.7 Å². The number of carbonyl (C=O) groups excluding carboxylic acids is 2. The number of hydrogen-bond acceptors (Lipinski definition) is 7. The van der Waals surface area contributed by atoms with Gasteiger partial charge in [-0.25, -0.2) is 0 Å². The number of allylic oxidation sites excluding steroid dienone is 1. The predicted octanol–water partition coefficient (Wildman–Crippen LogP) is 3.18. The van der Waals surface area contributed by atoms with E-state index in [0.717, 1.165) is 5.56 Å². The lowest BCUT2D eigenvalue weighted by atomic mass is 9.96. The fourth-order valence-corrected chi connectivity index (χ4v) is 3.87. The molecular weight excluding hydrogens is 384 g/mol. The van der Waals surface area contributed by atoms with Gasteiger partial charge in [0.15, 0.2) is 5.76 Å². The van der Waals surface area contributed by atoms with Crippen molar-refractivity contribution in [3.63, 3.8) is 0 Å². The predicted molar refractivity (Wildman–Crippen MR) is 110 cm³/mol. The van der Waals surface area contributed by atoms with Gasteiger partial charge in [-0.15, -0.1) is 0 Å². The summed E-state index contributed by atoms with van der Waals surface area (Å²) < 4.78 is 11.0. The van der Waals surface area contributed by atoms with Crippen LogP contribution in [-0.4, -0.2) is 46.4 Å². The molecule has 0 aliphatic carbocycles. The zero-order valence-corrected chi connectivity index (χ0v) is 16.8. The van der Waals surface area contributed by atoms with Crippen LogP contribution >= 0.6 is 0 Å². The number of ether oxygens (including phenoxy) is 2. The number of Topliss-reactive ketones (excluding diaryl/α,β-unsaturated/α-hetero) is 1. The first-order valence-electron chi connectivity index (χ1n) is 10.1. The molecule has 3 heterocycles. The van der Waals surface area contributed by atoms with Crippen molar-refractivity contribution in [2.75, 3.05) is 19.7 Å². The summed E-state index contributed by atoms with van der Waals surface area (Å²) in [7, 11) is 0. The normalized spacial score (nSPS) is 18.3. The number of phenolic OH excluding ortho intramolecular Hbond substituents is 1. The Bertz CT molecular complexity index is 979. The number of benzene rings is 1. The minimum absolute atomic E-state index is 0.0796. The molecule has 0 unspecified atom stereocenters. The van der Waals surface area contributed by atoms with Gasteiger partial charge >= 0.3 is 5.97 Å². The number of ketones is 1. The summed E-state index contributed by atoms with van der Waals surface area (Å²) in [4.78, 5) is 30.9. The molecule has 0 spiro atoms. The van der Waals surface area contributed by atoms with E-state index in [2.05, 4.69) is 9.88 Å². The van der Waals surface area contributed by atoms with Gasteiger partial charge in [0.2, 0.25) is 5.78 Å². The van der Waals surface area contributed by atoms with E-state index < -0.39 is 0 Å². The lowest BCUT2D eigenvalue weighted by molar-refractivity contribution is -0.149. The van der Waals surface area contributed by atoms with Gasteiger partial charge in [-0.2, -0.15) is 0 Å². The number of aromatic nitrogens is 1. The topological polar surface area (TPSA) is 89.0 Å². The van der Waals surface area contributed by atoms with Gasteiger partial charge in [-0.1, -0.05) is 0 Å². The number of rotatable bonds is 5. The molecule has 7 heteroatoms. The van der Waals surface area contributed by atoms with Gasteiger partial charge in [0, 0.05) is 18.9 Å². The third-order valence-electron chi connectivity index (χ3n) is 5.51. The molecule has 1 saturated heterocycles. The zero-order chi connectivity index (χ0) is 21.1. The molecule has 1 fully saturated rings. The van der Waals surface area contributed by atoms with Crippen LogP contribution in [-0.2, 0) is 16.1 Å². The van der Waals surface area contributed by atoms with Gasteiger partial charge in [-0.3, -0.25) is 19.5 Å². The van der Waals surface area contributed by atoms with Crippen LogP contribution in [0.15, 0.2) is 42.4 Å². The number of esters is 1. The molecule has 2 aromatic rings. The molecule has 2 aliphatic rings. The summed E-state index contributed by atoms with van der Waals surface area (Å²) in [6, 6.07) is 6.71. The van der Waals surface area contributed by atoms with E-state index in [1.165, 1.54) is 6.07 Å². The van der Waals surface area contributed by atoms with Crippen molar-refractivity contribution in [2.45, 2.75) is 26.3 Å². The number of fused-ring (bicyclic) bond motifs is 1. The molecule has 30 heavy (non-hydrogen) atoms. The third-order valence-corrected chi connectivity index (χ3v) is 5.51. The molecule has 0 atom stereocenters. The maximum absolute atomic E-state index is 12.8. The van der Waals surface area contributed by atoms with Crippen molar-refractivity contribution in [1.82, 2.24) is 9.88 Å². The highest BCUT2D eigenvalue weighted by Crippen LogP contribution is 2.40. The van der Waals surface area contributed by atoms with Gasteiger partial charge in [-0.05, 0) is 68.8 Å². The number of carbonyl (C=O) groups is 2. The smallest absolute Gasteiger partial charge is 0.309 e. The number of nitrogens with zero attached hydrogens (tertiary/aromatic N) is 2. The van der Waals surface area contributed by atoms with Crippen molar-refractivity contribution in [2.24, 2.45) is 5.92 Å². The largest absolute Gasteiger partial charge is 0.507 e. The number of phenols is 1. The average Bonchev–Trinajstić information content (AvgIpc) is 3.07. The lowest BCUT2D eigenvalue weighted by Gasteiger charge is -2.31. The maximum atomic E-state index is 12.8. The highest BCUT2D eigenvalue weighted by Gasteiger charge is 2.33. The lowest BCUT2D eigenvalue weighted by Crippen LogP contribution is -2.36. The highest BCUT2D eigenvalue weighted by molar-refractivity contribution is 6.15. The van der Waals surface area contributed by atoms with Crippen molar-refractivity contribution < 1.29 is 24.2 Å². The minimum atomic E-state index is -0.205. The standard InChI is InChI=1S/C23H24N2O5/c1-2-29-23(28)16-7-11-25(12-8-16)14-18-19(26)4-3-17-21(27)20(30-22(17)18)13-15-5-9-24-10-6-15/h3-6,9-10,13,16,26H,2,7-8,11-12,14H2,1H3/b20-13+. The first-order valence-corrected chi connectivity index (χ1v) is 10.1. The Balaban J connectivity index is 1.50. The Labute approximate surface area is 174 Å². The van der Waals surface area contributed by atoms with E-state index in [0.29, 0.717) is 56.0 Å². The second kappa shape index (κ2) is 8.67. The summed E-state index contributed by atoms with van der Waals surface area (Å²) in [5, 5.41) is 10.5. The van der Waals surface area contributed by atoms with Crippen LogP contribution in [0.1, 0.15) is 41.3 Å². The molecule has 1 aromatic heterocycles. The molecule has 0 saturated carbocycles. The Hall–Kier alpha value is -3.19. The maximum Gasteiger partial charge on any atom is 0.309 e. The summed E-state index contributed by atoms with van der Waals surface area (Å²) >= 11 is 0. The van der Waals surface area contributed by atoms with Crippen LogP contribution in [0.5, 0.6) is 11.5 Å². The zero-order valence-electron chi connectivity index (χ0n) is 16.8. The monoisotopic (exact) mass is 408 g/mol. The van der Waals surface area contributed by atoms with Gasteiger partial charge < -0.3 is 14.6 Å². The Morgan fingerprint density at radius 3 is 2.70 bits per heavy atom. The molecular formula is C23H24N2O5. The summed E-state index contributed by atoms with van der Waals surface area (Å²) in [6.45, 7) is 4.06. The fourth-order valence-electron chi connectivity index (χ4n) is 3.87. The van der Waals surface area contributed by atoms with Crippen molar-refractivity contribution in [1.29, 1.82) is 0 Å². The molecule has 0 amide bonds. The summed E-state index contributed by atoms with van der Waals surface area (Å²) in [5.74, 6) is 0.310. The van der Waals surface area contributed by atoms with Gasteiger partial charge in [0.1, 0.15) is 11.5 Å². The van der Waals surface area contributed by atoms with Crippen LogP contribution in [0, 0.1) is 5.92 Å². The second-order valence-electron chi connectivity index (χ2n) is 7.46. The van der Waals surface area contributed by atoms with E-state index in [4.69, 9.17) is 9.47 Å². The molecule has 0 bridgehead atoms.